The van der Waals surface area contributed by atoms with Gasteiger partial charge < -0.3 is 5.32 Å². The van der Waals surface area contributed by atoms with Crippen molar-refractivity contribution >= 4 is 0 Å². The Morgan fingerprint density at radius 1 is 1.06 bits per heavy atom. The van der Waals surface area contributed by atoms with Crippen LogP contribution in [0.2, 0.25) is 0 Å². The molecule has 0 aliphatic heterocycles. The standard InChI is InChI=1S/C16H33N/c1-9-17-12(10-11-14(2,3)4)13-15(5,6)16(13,7)8/h12-13,17H,9-11H2,1-8H3. The van der Waals surface area contributed by atoms with E-state index >= 15 is 0 Å². The Bertz CT molecular complexity index is 243. The van der Waals surface area contributed by atoms with Gasteiger partial charge in [0.1, 0.15) is 0 Å². The Morgan fingerprint density at radius 3 is 1.82 bits per heavy atom. The molecule has 1 atom stereocenters. The van der Waals surface area contributed by atoms with Gasteiger partial charge in [0.2, 0.25) is 0 Å². The van der Waals surface area contributed by atoms with Crippen molar-refractivity contribution in [3.05, 3.63) is 0 Å². The van der Waals surface area contributed by atoms with Crippen molar-refractivity contribution in [2.45, 2.75) is 74.3 Å². The van der Waals surface area contributed by atoms with Crippen molar-refractivity contribution < 1.29 is 0 Å². The van der Waals surface area contributed by atoms with Crippen LogP contribution in [0.4, 0.5) is 0 Å². The van der Waals surface area contributed by atoms with Crippen molar-refractivity contribution in [1.29, 1.82) is 0 Å². The zero-order valence-corrected chi connectivity index (χ0v) is 13.3. The Morgan fingerprint density at radius 2 is 1.53 bits per heavy atom. The molecule has 1 aliphatic rings. The summed E-state index contributed by atoms with van der Waals surface area (Å²) < 4.78 is 0. The number of nitrogens with one attached hydrogen (secondary N) is 1. The molecule has 0 amide bonds. The van der Waals surface area contributed by atoms with E-state index < -0.39 is 0 Å². The first-order valence-corrected chi connectivity index (χ1v) is 7.27. The van der Waals surface area contributed by atoms with E-state index in [2.05, 4.69) is 60.7 Å². The molecule has 0 aromatic rings. The van der Waals surface area contributed by atoms with Gasteiger partial charge in [0.05, 0.1) is 0 Å². The molecule has 1 saturated carbocycles. The summed E-state index contributed by atoms with van der Waals surface area (Å²) in [4.78, 5) is 0. The highest BCUT2D eigenvalue weighted by atomic mass is 15.0. The normalized spacial score (nSPS) is 24.7. The second-order valence-corrected chi connectivity index (χ2v) is 8.18. The summed E-state index contributed by atoms with van der Waals surface area (Å²) in [5, 5.41) is 3.73. The summed E-state index contributed by atoms with van der Waals surface area (Å²) in [7, 11) is 0. The van der Waals surface area contributed by atoms with E-state index in [1.807, 2.05) is 0 Å². The fourth-order valence-corrected chi connectivity index (χ4v) is 3.49. The van der Waals surface area contributed by atoms with Gasteiger partial charge in [0.15, 0.2) is 0 Å². The summed E-state index contributed by atoms with van der Waals surface area (Å²) in [6.07, 6.45) is 2.63. The molecular formula is C16H33N. The molecule has 0 aromatic heterocycles. The van der Waals surface area contributed by atoms with Gasteiger partial charge in [0, 0.05) is 6.04 Å². The van der Waals surface area contributed by atoms with Crippen LogP contribution in [-0.4, -0.2) is 12.6 Å². The third-order valence-electron chi connectivity index (χ3n) is 5.21. The van der Waals surface area contributed by atoms with Crippen LogP contribution in [0, 0.1) is 22.2 Å². The van der Waals surface area contributed by atoms with E-state index in [9.17, 15) is 0 Å². The monoisotopic (exact) mass is 239 g/mol. The zero-order chi connectivity index (χ0) is 13.5. The van der Waals surface area contributed by atoms with E-state index in [-0.39, 0.29) is 0 Å². The molecule has 1 fully saturated rings. The largest absolute Gasteiger partial charge is 0.314 e. The summed E-state index contributed by atoms with van der Waals surface area (Å²) >= 11 is 0. The fraction of sp³-hybridized carbons (Fsp3) is 1.00. The van der Waals surface area contributed by atoms with E-state index in [4.69, 9.17) is 0 Å². The molecule has 0 radical (unpaired) electrons. The van der Waals surface area contributed by atoms with Gasteiger partial charge in [-0.25, -0.2) is 0 Å². The lowest BCUT2D eigenvalue weighted by molar-refractivity contribution is 0.299. The molecule has 17 heavy (non-hydrogen) atoms. The maximum atomic E-state index is 3.73. The minimum absolute atomic E-state index is 0.455. The molecule has 0 bridgehead atoms. The second kappa shape index (κ2) is 4.57. The molecule has 0 saturated heterocycles. The predicted molar refractivity (Wildman–Crippen MR) is 77.2 cm³/mol. The summed E-state index contributed by atoms with van der Waals surface area (Å²) in [6.45, 7) is 20.1. The van der Waals surface area contributed by atoms with E-state index in [0.29, 0.717) is 22.3 Å². The molecule has 1 aliphatic carbocycles. The summed E-state index contributed by atoms with van der Waals surface area (Å²) in [5.41, 5.74) is 1.45. The smallest absolute Gasteiger partial charge is 0.0106 e. The first kappa shape index (κ1) is 15.0. The SMILES string of the molecule is CCNC(CCC(C)(C)C)C1C(C)(C)C1(C)C. The number of hydrogen-bond donors (Lipinski definition) is 1. The van der Waals surface area contributed by atoms with Gasteiger partial charge in [-0.15, -0.1) is 0 Å². The topological polar surface area (TPSA) is 12.0 Å². The quantitative estimate of drug-likeness (QED) is 0.746. The van der Waals surface area contributed by atoms with Crippen LogP contribution in [0.1, 0.15) is 68.2 Å². The van der Waals surface area contributed by atoms with Crippen LogP contribution >= 0.6 is 0 Å². The second-order valence-electron chi connectivity index (χ2n) is 8.18. The molecular weight excluding hydrogens is 206 g/mol. The Kier molecular flexibility index (Phi) is 4.04. The van der Waals surface area contributed by atoms with Crippen molar-refractivity contribution in [3.8, 4) is 0 Å². The molecule has 1 unspecified atom stereocenters. The molecule has 1 heteroatoms. The van der Waals surface area contributed by atoms with Crippen molar-refractivity contribution in [1.82, 2.24) is 5.32 Å². The van der Waals surface area contributed by atoms with Crippen LogP contribution in [0.5, 0.6) is 0 Å². The minimum Gasteiger partial charge on any atom is -0.314 e. The number of rotatable bonds is 5. The zero-order valence-electron chi connectivity index (χ0n) is 13.3. The van der Waals surface area contributed by atoms with E-state index in [1.54, 1.807) is 0 Å². The lowest BCUT2D eigenvalue weighted by Crippen LogP contribution is -2.34. The van der Waals surface area contributed by atoms with Crippen LogP contribution in [0.15, 0.2) is 0 Å². The first-order valence-electron chi connectivity index (χ1n) is 7.27. The maximum absolute atomic E-state index is 3.73. The molecule has 0 heterocycles. The molecule has 1 nitrogen and oxygen atoms in total. The van der Waals surface area contributed by atoms with Gasteiger partial charge in [-0.2, -0.15) is 0 Å². The molecule has 0 aromatic carbocycles. The average Bonchev–Trinajstić information content (AvgIpc) is 2.51. The highest BCUT2D eigenvalue weighted by Gasteiger charge is 2.66. The third-order valence-corrected chi connectivity index (χ3v) is 5.21. The maximum Gasteiger partial charge on any atom is 0.0106 e. The average molecular weight is 239 g/mol. The Balaban J connectivity index is 2.63. The highest BCUT2D eigenvalue weighted by molar-refractivity contribution is 5.16. The van der Waals surface area contributed by atoms with Gasteiger partial charge in [-0.3, -0.25) is 0 Å². The molecule has 1 rings (SSSR count). The van der Waals surface area contributed by atoms with Crippen LogP contribution in [0.25, 0.3) is 0 Å². The Hall–Kier alpha value is -0.0400. The van der Waals surface area contributed by atoms with Crippen molar-refractivity contribution in [3.63, 3.8) is 0 Å². The van der Waals surface area contributed by atoms with Gasteiger partial charge in [-0.05, 0) is 41.5 Å². The first-order chi connectivity index (χ1) is 7.54. The van der Waals surface area contributed by atoms with Gasteiger partial charge in [0.25, 0.3) is 0 Å². The summed E-state index contributed by atoms with van der Waals surface area (Å²) in [5.74, 6) is 0.831. The molecule has 102 valence electrons. The lowest BCUT2D eigenvalue weighted by atomic mass is 9.86. The summed E-state index contributed by atoms with van der Waals surface area (Å²) in [6, 6.07) is 0.698. The molecule has 1 N–H and O–H groups in total. The van der Waals surface area contributed by atoms with Crippen molar-refractivity contribution in [2.75, 3.05) is 6.54 Å². The lowest BCUT2D eigenvalue weighted by Gasteiger charge is -2.25. The van der Waals surface area contributed by atoms with Crippen LogP contribution < -0.4 is 5.32 Å². The van der Waals surface area contributed by atoms with Crippen LogP contribution in [-0.2, 0) is 0 Å². The Labute approximate surface area is 109 Å². The van der Waals surface area contributed by atoms with E-state index in [1.165, 1.54) is 12.8 Å². The van der Waals surface area contributed by atoms with Crippen LogP contribution in [0.3, 0.4) is 0 Å². The van der Waals surface area contributed by atoms with Gasteiger partial charge >= 0.3 is 0 Å². The third kappa shape index (κ3) is 3.05. The number of hydrogen-bond acceptors (Lipinski definition) is 1. The van der Waals surface area contributed by atoms with E-state index in [0.717, 1.165) is 12.5 Å². The molecule has 0 spiro atoms. The van der Waals surface area contributed by atoms with Gasteiger partial charge in [-0.1, -0.05) is 55.4 Å². The highest BCUT2D eigenvalue weighted by Crippen LogP contribution is 2.70. The fourth-order valence-electron chi connectivity index (χ4n) is 3.49. The minimum atomic E-state index is 0.455. The predicted octanol–water partition coefficient (Wildman–Crippen LogP) is 4.47. The van der Waals surface area contributed by atoms with Crippen molar-refractivity contribution in [2.24, 2.45) is 22.2 Å².